The van der Waals surface area contributed by atoms with Gasteiger partial charge >= 0.3 is 0 Å². The predicted molar refractivity (Wildman–Crippen MR) is 118 cm³/mol. The first-order chi connectivity index (χ1) is 15.9. The molecule has 33 heavy (non-hydrogen) atoms. The van der Waals surface area contributed by atoms with Gasteiger partial charge in [0.1, 0.15) is 18.8 Å². The highest BCUT2D eigenvalue weighted by molar-refractivity contribution is 5.73. The van der Waals surface area contributed by atoms with Crippen LogP contribution >= 0.6 is 0 Å². The van der Waals surface area contributed by atoms with Gasteiger partial charge in [-0.2, -0.15) is 9.49 Å². The van der Waals surface area contributed by atoms with Gasteiger partial charge in [-0.15, -0.1) is 0 Å². The molecule has 174 valence electrons. The molecule has 1 fully saturated rings. The zero-order chi connectivity index (χ0) is 23.1. The van der Waals surface area contributed by atoms with Crippen LogP contribution in [0.4, 0.5) is 14.6 Å². The van der Waals surface area contributed by atoms with Gasteiger partial charge in [-0.25, -0.2) is 19.0 Å². The highest BCUT2D eigenvalue weighted by atomic mass is 19.2. The number of ether oxygens (including phenoxy) is 2. The number of pyridine rings is 1. The third-order valence-corrected chi connectivity index (χ3v) is 5.99. The van der Waals surface area contributed by atoms with Crippen molar-refractivity contribution in [2.24, 2.45) is 0 Å². The van der Waals surface area contributed by atoms with Gasteiger partial charge in [-0.1, -0.05) is 6.07 Å². The van der Waals surface area contributed by atoms with E-state index in [1.807, 2.05) is 11.1 Å². The number of benzene rings is 1. The fourth-order valence-electron chi connectivity index (χ4n) is 4.66. The number of fused-ring (bicyclic) bond motifs is 3. The fourth-order valence-corrected chi connectivity index (χ4v) is 4.66. The van der Waals surface area contributed by atoms with Crippen LogP contribution in [0.5, 0.6) is 5.75 Å². The molecule has 5 rings (SSSR count). The molecular formula is C23H26F2N6O2. The summed E-state index contributed by atoms with van der Waals surface area (Å²) in [6.45, 7) is 7.07. The quantitative estimate of drug-likeness (QED) is 0.584. The van der Waals surface area contributed by atoms with Gasteiger partial charge in [-0.05, 0) is 31.5 Å². The van der Waals surface area contributed by atoms with Gasteiger partial charge in [-0.3, -0.25) is 4.90 Å². The van der Waals surface area contributed by atoms with E-state index in [1.54, 1.807) is 4.68 Å². The Bertz CT molecular complexity index is 1160. The normalized spacial score (nSPS) is 20.5. The highest BCUT2D eigenvalue weighted by Crippen LogP contribution is 2.35. The van der Waals surface area contributed by atoms with Gasteiger partial charge in [0.05, 0.1) is 24.9 Å². The lowest BCUT2D eigenvalue weighted by Gasteiger charge is -2.35. The van der Waals surface area contributed by atoms with Gasteiger partial charge in [0.15, 0.2) is 17.4 Å². The number of methoxy groups -OCH3 is 1. The van der Waals surface area contributed by atoms with Crippen LogP contribution in [0.2, 0.25) is 0 Å². The maximum atomic E-state index is 14.7. The van der Waals surface area contributed by atoms with Crippen molar-refractivity contribution in [3.63, 3.8) is 0 Å². The van der Waals surface area contributed by atoms with Crippen LogP contribution in [0.3, 0.4) is 0 Å². The molecule has 2 aromatic heterocycles. The minimum absolute atomic E-state index is 0.122. The van der Waals surface area contributed by atoms with E-state index in [9.17, 15) is 8.78 Å². The van der Waals surface area contributed by atoms with Crippen molar-refractivity contribution < 1.29 is 18.3 Å². The molecule has 2 aliphatic rings. The summed E-state index contributed by atoms with van der Waals surface area (Å²) < 4.78 is 41.4. The molecule has 8 nitrogen and oxygen atoms in total. The molecule has 4 heterocycles. The van der Waals surface area contributed by atoms with Crippen molar-refractivity contribution in [1.82, 2.24) is 24.6 Å². The summed E-state index contributed by atoms with van der Waals surface area (Å²) in [5.41, 5.74) is 2.08. The molecule has 10 heteroatoms. The Morgan fingerprint density at radius 3 is 2.64 bits per heavy atom. The first kappa shape index (κ1) is 21.7. The number of anilines is 1. The Morgan fingerprint density at radius 2 is 1.88 bits per heavy atom. The second-order valence-electron chi connectivity index (χ2n) is 8.64. The lowest BCUT2D eigenvalue weighted by Crippen LogP contribution is -2.44. The Labute approximate surface area is 190 Å². The maximum absolute atomic E-state index is 14.7. The molecule has 3 aromatic rings. The van der Waals surface area contributed by atoms with E-state index >= 15 is 0 Å². The maximum Gasteiger partial charge on any atom is 0.200 e. The van der Waals surface area contributed by atoms with Crippen LogP contribution in [0.15, 0.2) is 30.7 Å². The lowest BCUT2D eigenvalue weighted by molar-refractivity contribution is -0.0705. The predicted octanol–water partition coefficient (Wildman–Crippen LogP) is 3.21. The molecule has 0 bridgehead atoms. The third-order valence-electron chi connectivity index (χ3n) is 5.99. The minimum Gasteiger partial charge on any atom is -0.494 e. The van der Waals surface area contributed by atoms with Crippen LogP contribution in [-0.4, -0.2) is 57.1 Å². The topological polar surface area (TPSA) is 68.5 Å². The van der Waals surface area contributed by atoms with Crippen molar-refractivity contribution in [1.29, 1.82) is 0 Å². The molecule has 0 aliphatic carbocycles. The minimum atomic E-state index is -0.994. The van der Waals surface area contributed by atoms with Crippen molar-refractivity contribution in [3.05, 3.63) is 53.5 Å². The highest BCUT2D eigenvalue weighted by Gasteiger charge is 2.28. The molecule has 1 saturated heterocycles. The smallest absolute Gasteiger partial charge is 0.200 e. The Morgan fingerprint density at radius 1 is 1.09 bits per heavy atom. The second kappa shape index (κ2) is 8.68. The van der Waals surface area contributed by atoms with E-state index in [0.717, 1.165) is 30.8 Å². The molecule has 0 radical (unpaired) electrons. The van der Waals surface area contributed by atoms with Crippen molar-refractivity contribution >= 4 is 5.82 Å². The van der Waals surface area contributed by atoms with E-state index < -0.39 is 11.6 Å². The third kappa shape index (κ3) is 4.16. The Balaban J connectivity index is 1.44. The molecule has 0 amide bonds. The van der Waals surface area contributed by atoms with Gasteiger partial charge in [0.25, 0.3) is 0 Å². The summed E-state index contributed by atoms with van der Waals surface area (Å²) in [5.74, 6) is -0.666. The van der Waals surface area contributed by atoms with Crippen LogP contribution < -0.4 is 9.64 Å². The van der Waals surface area contributed by atoms with E-state index in [1.165, 1.54) is 25.6 Å². The largest absolute Gasteiger partial charge is 0.494 e. The molecule has 0 N–H and O–H groups in total. The summed E-state index contributed by atoms with van der Waals surface area (Å²) >= 11 is 0. The van der Waals surface area contributed by atoms with Crippen molar-refractivity contribution in [2.75, 3.05) is 25.1 Å². The van der Waals surface area contributed by atoms with Gasteiger partial charge in [0, 0.05) is 37.9 Å². The summed E-state index contributed by atoms with van der Waals surface area (Å²) in [7, 11) is 1.31. The molecule has 1 aromatic carbocycles. The van der Waals surface area contributed by atoms with Crippen LogP contribution in [-0.2, 0) is 24.5 Å². The fraction of sp³-hybridized carbons (Fsp3) is 0.435. The first-order valence-corrected chi connectivity index (χ1v) is 10.9. The van der Waals surface area contributed by atoms with Crippen molar-refractivity contribution in [2.45, 2.75) is 45.8 Å². The standard InChI is InChI=1S/C23H26F2N6O2/c1-14-8-29(9-15(2)33-14)10-16-6-18-22(26-7-16)30(13-31-23(18)27-12-28-31)11-17-4-5-19(32-3)21(25)20(17)24/h4-7,12,14-15H,8-11,13H2,1-3H3/t14-,15+. The molecule has 0 spiro atoms. The van der Waals surface area contributed by atoms with Gasteiger partial charge < -0.3 is 14.4 Å². The van der Waals surface area contributed by atoms with E-state index in [4.69, 9.17) is 14.5 Å². The molecule has 0 unspecified atom stereocenters. The SMILES string of the molecule is COc1ccc(CN2Cn3ncnc3-c3cc(CN4C[C@@H](C)O[C@@H](C)C4)cnc32)c(F)c1F. The number of hydrogen-bond donors (Lipinski definition) is 0. The zero-order valence-corrected chi connectivity index (χ0v) is 18.8. The number of nitrogens with zero attached hydrogens (tertiary/aromatic N) is 6. The first-order valence-electron chi connectivity index (χ1n) is 10.9. The van der Waals surface area contributed by atoms with Crippen molar-refractivity contribution in [3.8, 4) is 17.1 Å². The monoisotopic (exact) mass is 456 g/mol. The number of rotatable bonds is 5. The number of morpholine rings is 1. The average molecular weight is 456 g/mol. The van der Waals surface area contributed by atoms with Crippen LogP contribution in [0.1, 0.15) is 25.0 Å². The zero-order valence-electron chi connectivity index (χ0n) is 18.8. The molecule has 0 saturated carbocycles. The van der Waals surface area contributed by atoms with Crippen LogP contribution in [0.25, 0.3) is 11.4 Å². The Kier molecular flexibility index (Phi) is 5.71. The molecule has 2 atom stereocenters. The Hall–Kier alpha value is -3.11. The summed E-state index contributed by atoms with van der Waals surface area (Å²) in [6.07, 6.45) is 3.69. The molecular weight excluding hydrogens is 430 g/mol. The number of aromatic nitrogens is 4. The summed E-state index contributed by atoms with van der Waals surface area (Å²) in [4.78, 5) is 13.3. The summed E-state index contributed by atoms with van der Waals surface area (Å²) in [6, 6.07) is 5.02. The average Bonchev–Trinajstić information content (AvgIpc) is 3.25. The molecule has 2 aliphatic heterocycles. The number of halogens is 2. The van der Waals surface area contributed by atoms with E-state index in [-0.39, 0.29) is 30.1 Å². The van der Waals surface area contributed by atoms with E-state index in [2.05, 4.69) is 34.9 Å². The summed E-state index contributed by atoms with van der Waals surface area (Å²) in [5, 5.41) is 4.30. The van der Waals surface area contributed by atoms with E-state index in [0.29, 0.717) is 18.3 Å². The van der Waals surface area contributed by atoms with Crippen LogP contribution in [0, 0.1) is 11.6 Å². The van der Waals surface area contributed by atoms with Gasteiger partial charge in [0.2, 0.25) is 5.82 Å². The number of hydrogen-bond acceptors (Lipinski definition) is 7. The lowest BCUT2D eigenvalue weighted by atomic mass is 10.1. The second-order valence-corrected chi connectivity index (χ2v) is 8.64.